The number of rotatable bonds is 5. The highest BCUT2D eigenvalue weighted by molar-refractivity contribution is 5.34. The second kappa shape index (κ2) is 5.63. The fourth-order valence-electron chi connectivity index (χ4n) is 2.37. The van der Waals surface area contributed by atoms with Gasteiger partial charge >= 0.3 is 0 Å². The number of halogens is 1. The van der Waals surface area contributed by atoms with E-state index in [1.807, 2.05) is 20.9 Å². The molecule has 0 aliphatic rings. The second-order valence-corrected chi connectivity index (χ2v) is 5.71. The fraction of sp³-hybridized carbons (Fsp3) is 0.600. The van der Waals surface area contributed by atoms with Crippen LogP contribution in [0.5, 0.6) is 0 Å². The van der Waals surface area contributed by atoms with E-state index in [0.29, 0.717) is 0 Å². The molecule has 0 saturated heterocycles. The maximum absolute atomic E-state index is 13.2. The lowest BCUT2D eigenvalue weighted by Crippen LogP contribution is -2.27. The average molecular weight is 237 g/mol. The van der Waals surface area contributed by atoms with Gasteiger partial charge in [0.2, 0.25) is 0 Å². The van der Waals surface area contributed by atoms with Crippen LogP contribution in [-0.4, -0.2) is 13.6 Å². The van der Waals surface area contributed by atoms with E-state index in [0.717, 1.165) is 30.5 Å². The van der Waals surface area contributed by atoms with E-state index in [-0.39, 0.29) is 11.2 Å². The lowest BCUT2D eigenvalue weighted by atomic mass is 9.84. The average Bonchev–Trinajstić information content (AvgIpc) is 2.15. The molecule has 0 saturated carbocycles. The van der Waals surface area contributed by atoms with Crippen LogP contribution in [0.2, 0.25) is 0 Å². The Kier molecular flexibility index (Phi) is 4.70. The predicted octanol–water partition coefficient (Wildman–Crippen LogP) is 3.62. The third-order valence-electron chi connectivity index (χ3n) is 3.37. The molecule has 1 N–H and O–H groups in total. The Bertz CT molecular complexity index is 360. The summed E-state index contributed by atoms with van der Waals surface area (Å²) in [5, 5.41) is 3.22. The zero-order chi connectivity index (χ0) is 13.1. The molecule has 0 spiro atoms. The van der Waals surface area contributed by atoms with E-state index >= 15 is 0 Å². The van der Waals surface area contributed by atoms with E-state index < -0.39 is 0 Å². The van der Waals surface area contributed by atoms with Crippen molar-refractivity contribution in [1.29, 1.82) is 0 Å². The van der Waals surface area contributed by atoms with Gasteiger partial charge in [-0.2, -0.15) is 0 Å². The molecule has 96 valence electrons. The molecule has 1 aromatic rings. The Balaban J connectivity index is 2.76. The van der Waals surface area contributed by atoms with Crippen LogP contribution in [0.1, 0.15) is 37.0 Å². The Morgan fingerprint density at radius 3 is 2.18 bits per heavy atom. The molecule has 1 aromatic carbocycles. The molecule has 0 fully saturated rings. The summed E-state index contributed by atoms with van der Waals surface area (Å²) in [7, 11) is 1.98. The maximum Gasteiger partial charge on any atom is 0.123 e. The topological polar surface area (TPSA) is 12.0 Å². The Morgan fingerprint density at radius 2 is 1.71 bits per heavy atom. The van der Waals surface area contributed by atoms with Gasteiger partial charge in [0.05, 0.1) is 0 Å². The third-order valence-corrected chi connectivity index (χ3v) is 3.37. The molecule has 2 heteroatoms. The zero-order valence-corrected chi connectivity index (χ0v) is 11.7. The maximum atomic E-state index is 13.2. The van der Waals surface area contributed by atoms with Crippen molar-refractivity contribution < 1.29 is 4.39 Å². The highest BCUT2D eigenvalue weighted by atomic mass is 19.1. The summed E-state index contributed by atoms with van der Waals surface area (Å²) in [6.45, 7) is 9.52. The summed E-state index contributed by atoms with van der Waals surface area (Å²) >= 11 is 0. The van der Waals surface area contributed by atoms with Crippen LogP contribution < -0.4 is 5.32 Å². The van der Waals surface area contributed by atoms with Gasteiger partial charge in [0.25, 0.3) is 0 Å². The lowest BCUT2D eigenvalue weighted by molar-refractivity contribution is 0.324. The minimum atomic E-state index is -0.127. The van der Waals surface area contributed by atoms with Gasteiger partial charge in [-0.15, -0.1) is 0 Å². The Labute approximate surface area is 104 Å². The van der Waals surface area contributed by atoms with Gasteiger partial charge in [0, 0.05) is 0 Å². The third kappa shape index (κ3) is 4.12. The van der Waals surface area contributed by atoms with Crippen LogP contribution >= 0.6 is 0 Å². The van der Waals surface area contributed by atoms with E-state index in [2.05, 4.69) is 19.2 Å². The van der Waals surface area contributed by atoms with Crippen molar-refractivity contribution >= 4 is 0 Å². The number of hydrogen-bond acceptors (Lipinski definition) is 1. The molecular formula is C15H24FN. The first-order valence-corrected chi connectivity index (χ1v) is 6.26. The number of benzene rings is 1. The van der Waals surface area contributed by atoms with Crippen molar-refractivity contribution in [2.24, 2.45) is 5.41 Å². The molecule has 0 radical (unpaired) electrons. The van der Waals surface area contributed by atoms with E-state index in [1.54, 1.807) is 12.1 Å². The molecule has 0 aliphatic heterocycles. The molecule has 17 heavy (non-hydrogen) atoms. The smallest absolute Gasteiger partial charge is 0.123 e. The van der Waals surface area contributed by atoms with E-state index in [9.17, 15) is 4.39 Å². The van der Waals surface area contributed by atoms with Crippen LogP contribution in [0.25, 0.3) is 0 Å². The minimum absolute atomic E-state index is 0.127. The molecular weight excluding hydrogens is 213 g/mol. The Morgan fingerprint density at radius 1 is 1.18 bits per heavy atom. The highest BCUT2D eigenvalue weighted by Gasteiger charge is 2.17. The monoisotopic (exact) mass is 237 g/mol. The standard InChI is InChI=1S/C15H24FN/c1-11-8-13(16)9-12(2)14(11)6-7-15(3,4)10-17-5/h8-9,17H,6-7,10H2,1-5H3. The molecule has 0 unspecified atom stereocenters. The number of hydrogen-bond donors (Lipinski definition) is 1. The Hall–Kier alpha value is -0.890. The van der Waals surface area contributed by atoms with Crippen LogP contribution in [0.15, 0.2) is 12.1 Å². The van der Waals surface area contributed by atoms with Crippen molar-refractivity contribution in [2.75, 3.05) is 13.6 Å². The van der Waals surface area contributed by atoms with Gasteiger partial charge < -0.3 is 5.32 Å². The zero-order valence-electron chi connectivity index (χ0n) is 11.7. The molecule has 1 nitrogen and oxygen atoms in total. The molecule has 0 bridgehead atoms. The molecule has 0 heterocycles. The van der Waals surface area contributed by atoms with Crippen molar-refractivity contribution in [2.45, 2.75) is 40.5 Å². The minimum Gasteiger partial charge on any atom is -0.319 e. The van der Waals surface area contributed by atoms with Crippen LogP contribution in [0.4, 0.5) is 4.39 Å². The summed E-state index contributed by atoms with van der Waals surface area (Å²) in [4.78, 5) is 0. The van der Waals surface area contributed by atoms with Gasteiger partial charge in [0.1, 0.15) is 5.82 Å². The van der Waals surface area contributed by atoms with Crippen LogP contribution in [0, 0.1) is 25.1 Å². The van der Waals surface area contributed by atoms with Crippen LogP contribution in [-0.2, 0) is 6.42 Å². The SMILES string of the molecule is CNCC(C)(C)CCc1c(C)cc(F)cc1C. The summed E-state index contributed by atoms with van der Waals surface area (Å²) in [5.41, 5.74) is 3.73. The molecule has 0 atom stereocenters. The van der Waals surface area contributed by atoms with E-state index in [1.165, 1.54) is 5.56 Å². The fourth-order valence-corrected chi connectivity index (χ4v) is 2.37. The van der Waals surface area contributed by atoms with E-state index in [4.69, 9.17) is 0 Å². The van der Waals surface area contributed by atoms with Gasteiger partial charge in [-0.1, -0.05) is 13.8 Å². The van der Waals surface area contributed by atoms with Crippen molar-refractivity contribution in [3.8, 4) is 0 Å². The first-order chi connectivity index (χ1) is 7.85. The quantitative estimate of drug-likeness (QED) is 0.824. The van der Waals surface area contributed by atoms with Crippen molar-refractivity contribution in [1.82, 2.24) is 5.32 Å². The molecule has 0 amide bonds. The molecule has 0 aromatic heterocycles. The van der Waals surface area contributed by atoms with Gasteiger partial charge in [-0.05, 0) is 74.5 Å². The summed E-state index contributed by atoms with van der Waals surface area (Å²) in [5.74, 6) is -0.127. The normalized spacial score (nSPS) is 11.9. The summed E-state index contributed by atoms with van der Waals surface area (Å²) < 4.78 is 13.2. The highest BCUT2D eigenvalue weighted by Crippen LogP contribution is 2.25. The first-order valence-electron chi connectivity index (χ1n) is 6.26. The largest absolute Gasteiger partial charge is 0.319 e. The lowest BCUT2D eigenvalue weighted by Gasteiger charge is -2.25. The first kappa shape index (κ1) is 14.2. The number of aryl methyl sites for hydroxylation is 2. The van der Waals surface area contributed by atoms with Crippen molar-refractivity contribution in [3.63, 3.8) is 0 Å². The molecule has 0 aliphatic carbocycles. The van der Waals surface area contributed by atoms with Gasteiger partial charge in [0.15, 0.2) is 0 Å². The van der Waals surface area contributed by atoms with Crippen LogP contribution in [0.3, 0.4) is 0 Å². The summed E-state index contributed by atoms with van der Waals surface area (Å²) in [6.07, 6.45) is 2.13. The van der Waals surface area contributed by atoms with Crippen molar-refractivity contribution in [3.05, 3.63) is 34.6 Å². The van der Waals surface area contributed by atoms with Gasteiger partial charge in [-0.3, -0.25) is 0 Å². The van der Waals surface area contributed by atoms with Gasteiger partial charge in [-0.25, -0.2) is 4.39 Å². The predicted molar refractivity (Wildman–Crippen MR) is 71.9 cm³/mol. The second-order valence-electron chi connectivity index (χ2n) is 5.71. The number of nitrogens with one attached hydrogen (secondary N) is 1. The summed E-state index contributed by atoms with van der Waals surface area (Å²) in [6, 6.07) is 3.26. The molecule has 1 rings (SSSR count).